The number of halogens is 2. The summed E-state index contributed by atoms with van der Waals surface area (Å²) in [5.74, 6) is 0. The lowest BCUT2D eigenvalue weighted by Gasteiger charge is -2.35. The van der Waals surface area contributed by atoms with Gasteiger partial charge in [0.1, 0.15) is 0 Å². The quantitative estimate of drug-likeness (QED) is 0.836. The summed E-state index contributed by atoms with van der Waals surface area (Å²) in [7, 11) is 0. The van der Waals surface area contributed by atoms with E-state index in [1.165, 1.54) is 19.4 Å². The standard InChI is InChI=1S/C14H19Br2N3O/c15-10-4-13(16)14(18-5-10)7-17-6-12-8-19-3-1-2-11(19)9-20-12/h4-5,11-12,17H,1-3,6-9H2. The fraction of sp³-hybridized carbons (Fsp3) is 0.643. The Balaban J connectivity index is 1.45. The van der Waals surface area contributed by atoms with Crippen LogP contribution >= 0.6 is 31.9 Å². The molecule has 2 saturated heterocycles. The van der Waals surface area contributed by atoms with E-state index in [1.54, 1.807) is 0 Å². The zero-order chi connectivity index (χ0) is 13.9. The Kier molecular flexibility index (Phi) is 5.09. The van der Waals surface area contributed by atoms with Gasteiger partial charge in [0, 0.05) is 40.8 Å². The second kappa shape index (κ2) is 6.83. The Bertz CT molecular complexity index is 472. The maximum absolute atomic E-state index is 5.94. The van der Waals surface area contributed by atoms with E-state index in [1.807, 2.05) is 12.3 Å². The maximum atomic E-state index is 5.94. The molecule has 0 aromatic carbocycles. The zero-order valence-electron chi connectivity index (χ0n) is 11.3. The molecule has 0 radical (unpaired) electrons. The predicted octanol–water partition coefficient (Wildman–Crippen LogP) is 2.56. The summed E-state index contributed by atoms with van der Waals surface area (Å²) < 4.78 is 7.96. The maximum Gasteiger partial charge on any atom is 0.0827 e. The molecule has 110 valence electrons. The van der Waals surface area contributed by atoms with Gasteiger partial charge in [-0.3, -0.25) is 9.88 Å². The Morgan fingerprint density at radius 2 is 2.35 bits per heavy atom. The van der Waals surface area contributed by atoms with Crippen LogP contribution in [0.4, 0.5) is 0 Å². The zero-order valence-corrected chi connectivity index (χ0v) is 14.5. The van der Waals surface area contributed by atoms with Crippen molar-refractivity contribution in [3.05, 3.63) is 26.9 Å². The average Bonchev–Trinajstić information content (AvgIpc) is 2.89. The van der Waals surface area contributed by atoms with E-state index < -0.39 is 0 Å². The fourth-order valence-corrected chi connectivity index (χ4v) is 4.06. The van der Waals surface area contributed by atoms with Gasteiger partial charge in [0.05, 0.1) is 18.4 Å². The van der Waals surface area contributed by atoms with Crippen molar-refractivity contribution in [1.82, 2.24) is 15.2 Å². The molecule has 20 heavy (non-hydrogen) atoms. The molecule has 2 fully saturated rings. The first-order valence-corrected chi connectivity index (χ1v) is 8.67. The Hall–Kier alpha value is -0.0100. The minimum Gasteiger partial charge on any atom is -0.374 e. The van der Waals surface area contributed by atoms with Gasteiger partial charge >= 0.3 is 0 Å². The molecular weight excluding hydrogens is 386 g/mol. The van der Waals surface area contributed by atoms with E-state index in [-0.39, 0.29) is 0 Å². The number of nitrogens with one attached hydrogen (secondary N) is 1. The van der Waals surface area contributed by atoms with Gasteiger partial charge in [0.15, 0.2) is 0 Å². The largest absolute Gasteiger partial charge is 0.374 e. The topological polar surface area (TPSA) is 37.4 Å². The number of morpholine rings is 1. The fourth-order valence-electron chi connectivity index (χ4n) is 2.93. The van der Waals surface area contributed by atoms with Crippen molar-refractivity contribution in [3.63, 3.8) is 0 Å². The van der Waals surface area contributed by atoms with E-state index >= 15 is 0 Å². The lowest BCUT2D eigenvalue weighted by molar-refractivity contribution is -0.0470. The van der Waals surface area contributed by atoms with Crippen LogP contribution < -0.4 is 5.32 Å². The monoisotopic (exact) mass is 403 g/mol. The first kappa shape index (κ1) is 14.9. The van der Waals surface area contributed by atoms with E-state index in [9.17, 15) is 0 Å². The van der Waals surface area contributed by atoms with Gasteiger partial charge in [-0.1, -0.05) is 0 Å². The van der Waals surface area contributed by atoms with Gasteiger partial charge in [-0.15, -0.1) is 0 Å². The summed E-state index contributed by atoms with van der Waals surface area (Å²) in [4.78, 5) is 6.98. The van der Waals surface area contributed by atoms with Crippen LogP contribution in [-0.2, 0) is 11.3 Å². The van der Waals surface area contributed by atoms with Crippen molar-refractivity contribution in [3.8, 4) is 0 Å². The summed E-state index contributed by atoms with van der Waals surface area (Å²) in [5, 5.41) is 3.45. The molecular formula is C14H19Br2N3O. The van der Waals surface area contributed by atoms with Gasteiger partial charge in [-0.05, 0) is 57.3 Å². The van der Waals surface area contributed by atoms with Gasteiger partial charge in [0.2, 0.25) is 0 Å². The summed E-state index contributed by atoms with van der Waals surface area (Å²) >= 11 is 6.95. The van der Waals surface area contributed by atoms with Crippen LogP contribution in [0.1, 0.15) is 18.5 Å². The molecule has 3 rings (SSSR count). The third-order valence-electron chi connectivity index (χ3n) is 4.01. The van der Waals surface area contributed by atoms with E-state index in [2.05, 4.69) is 47.1 Å². The highest BCUT2D eigenvalue weighted by molar-refractivity contribution is 9.11. The second-order valence-corrected chi connectivity index (χ2v) is 7.23. The molecule has 1 N–H and O–H groups in total. The van der Waals surface area contributed by atoms with Crippen LogP contribution in [-0.4, -0.2) is 48.3 Å². The SMILES string of the molecule is Brc1cnc(CNCC2CN3CCCC3CO2)c(Br)c1. The average molecular weight is 405 g/mol. The Labute approximate surface area is 136 Å². The first-order chi connectivity index (χ1) is 9.72. The van der Waals surface area contributed by atoms with Crippen LogP contribution in [0.25, 0.3) is 0 Å². The van der Waals surface area contributed by atoms with Crippen LogP contribution in [0.15, 0.2) is 21.2 Å². The number of aromatic nitrogens is 1. The number of pyridine rings is 1. The molecule has 0 aliphatic carbocycles. The van der Waals surface area contributed by atoms with Crippen molar-refractivity contribution < 1.29 is 4.74 Å². The van der Waals surface area contributed by atoms with E-state index in [0.717, 1.165) is 40.9 Å². The highest BCUT2D eigenvalue weighted by atomic mass is 79.9. The molecule has 2 aliphatic heterocycles. The molecule has 0 amide bonds. The number of hydrogen-bond donors (Lipinski definition) is 1. The minimum absolute atomic E-state index is 0.304. The molecule has 4 nitrogen and oxygen atoms in total. The molecule has 0 spiro atoms. The van der Waals surface area contributed by atoms with Crippen molar-refractivity contribution in [1.29, 1.82) is 0 Å². The predicted molar refractivity (Wildman–Crippen MR) is 85.7 cm³/mol. The summed E-state index contributed by atoms with van der Waals surface area (Å²) in [6.45, 7) is 4.84. The molecule has 0 bridgehead atoms. The Morgan fingerprint density at radius 3 is 3.20 bits per heavy atom. The Morgan fingerprint density at radius 1 is 1.45 bits per heavy atom. The van der Waals surface area contributed by atoms with Crippen molar-refractivity contribution in [2.45, 2.75) is 31.5 Å². The smallest absolute Gasteiger partial charge is 0.0827 e. The number of fused-ring (bicyclic) bond motifs is 1. The number of rotatable bonds is 4. The number of hydrogen-bond acceptors (Lipinski definition) is 4. The number of nitrogens with zero attached hydrogens (tertiary/aromatic N) is 2. The van der Waals surface area contributed by atoms with Gasteiger partial charge in [-0.2, -0.15) is 0 Å². The van der Waals surface area contributed by atoms with Crippen molar-refractivity contribution in [2.24, 2.45) is 0 Å². The second-order valence-electron chi connectivity index (χ2n) is 5.46. The summed E-state index contributed by atoms with van der Waals surface area (Å²) in [5.41, 5.74) is 1.03. The molecule has 2 atom stereocenters. The lowest BCUT2D eigenvalue weighted by atomic mass is 10.2. The first-order valence-electron chi connectivity index (χ1n) is 7.08. The van der Waals surface area contributed by atoms with Crippen LogP contribution in [0.5, 0.6) is 0 Å². The van der Waals surface area contributed by atoms with E-state index in [0.29, 0.717) is 12.1 Å². The van der Waals surface area contributed by atoms with Crippen LogP contribution in [0.2, 0.25) is 0 Å². The normalized spacial score (nSPS) is 26.7. The highest BCUT2D eigenvalue weighted by Crippen LogP contribution is 2.22. The lowest BCUT2D eigenvalue weighted by Crippen LogP contribution is -2.49. The third-order valence-corrected chi connectivity index (χ3v) is 5.13. The van der Waals surface area contributed by atoms with Crippen molar-refractivity contribution in [2.75, 3.05) is 26.2 Å². The molecule has 2 unspecified atom stereocenters. The molecule has 0 saturated carbocycles. The van der Waals surface area contributed by atoms with Gasteiger partial charge in [-0.25, -0.2) is 0 Å². The van der Waals surface area contributed by atoms with Crippen molar-refractivity contribution >= 4 is 31.9 Å². The molecule has 1 aromatic rings. The molecule has 2 aliphatic rings. The molecule has 6 heteroatoms. The van der Waals surface area contributed by atoms with Crippen LogP contribution in [0, 0.1) is 0 Å². The van der Waals surface area contributed by atoms with E-state index in [4.69, 9.17) is 4.74 Å². The summed E-state index contributed by atoms with van der Waals surface area (Å²) in [6.07, 6.45) is 4.76. The van der Waals surface area contributed by atoms with Gasteiger partial charge in [0.25, 0.3) is 0 Å². The number of ether oxygens (including phenoxy) is 1. The van der Waals surface area contributed by atoms with Crippen LogP contribution in [0.3, 0.4) is 0 Å². The minimum atomic E-state index is 0.304. The molecule has 3 heterocycles. The highest BCUT2D eigenvalue weighted by Gasteiger charge is 2.31. The molecule has 1 aromatic heterocycles. The summed E-state index contributed by atoms with van der Waals surface area (Å²) in [6, 6.07) is 2.70. The third kappa shape index (κ3) is 3.60. The van der Waals surface area contributed by atoms with Gasteiger partial charge < -0.3 is 10.1 Å².